The zero-order valence-corrected chi connectivity index (χ0v) is 33.0. The summed E-state index contributed by atoms with van der Waals surface area (Å²) >= 11 is 0. The molecule has 4 nitrogen and oxygen atoms in total. The molecule has 59 heavy (non-hydrogen) atoms. The number of rotatable bonds is 5. The van der Waals surface area contributed by atoms with E-state index in [0.717, 1.165) is 44.5 Å². The number of aromatic nitrogens is 2. The summed E-state index contributed by atoms with van der Waals surface area (Å²) in [4.78, 5) is 9.74. The first kappa shape index (κ1) is 33.8. The molecule has 280 valence electrons. The highest BCUT2D eigenvalue weighted by atomic mass is 16.4. The van der Waals surface area contributed by atoms with Gasteiger partial charge in [-0.25, -0.2) is 9.97 Å². The van der Waals surface area contributed by atoms with Crippen LogP contribution in [0.3, 0.4) is 0 Å². The first-order chi connectivity index (χ1) is 28.8. The lowest BCUT2D eigenvalue weighted by atomic mass is 9.74. The lowest BCUT2D eigenvalue weighted by Gasteiger charge is -2.28. The van der Waals surface area contributed by atoms with Crippen LogP contribution >= 0.6 is 0 Å². The van der Waals surface area contributed by atoms with Crippen molar-refractivity contribution in [3.63, 3.8) is 0 Å². The number of nitrogens with zero attached hydrogens (tertiary/aromatic N) is 2. The van der Waals surface area contributed by atoms with Crippen molar-refractivity contribution >= 4 is 22.2 Å². The zero-order chi connectivity index (χ0) is 39.5. The topological polar surface area (TPSA) is 52.1 Å². The van der Waals surface area contributed by atoms with E-state index in [9.17, 15) is 0 Å². The second kappa shape index (κ2) is 12.3. The van der Waals surface area contributed by atoms with Crippen molar-refractivity contribution in [2.75, 3.05) is 0 Å². The molecule has 0 bridgehead atoms. The number of fused-ring (bicyclic) bond motifs is 8. The second-order valence-corrected chi connectivity index (χ2v) is 16.7. The molecule has 2 aliphatic carbocycles. The summed E-state index contributed by atoms with van der Waals surface area (Å²) in [6, 6.07) is 63.0. The summed E-state index contributed by atoms with van der Waals surface area (Å²) in [5.74, 6) is 1.12. The predicted molar refractivity (Wildman–Crippen MR) is 238 cm³/mol. The Bertz CT molecular complexity index is 3170. The molecule has 0 saturated heterocycles. The fraction of sp³-hybridized carbons (Fsp3) is 0.0909. The first-order valence-corrected chi connectivity index (χ1v) is 20.3. The monoisotopic (exact) mass is 758 g/mol. The minimum Gasteiger partial charge on any atom is -0.436 e. The van der Waals surface area contributed by atoms with Gasteiger partial charge in [0.15, 0.2) is 11.2 Å². The van der Waals surface area contributed by atoms with E-state index >= 15 is 0 Å². The second-order valence-electron chi connectivity index (χ2n) is 16.7. The van der Waals surface area contributed by atoms with Crippen LogP contribution < -0.4 is 0 Å². The molecule has 0 fully saturated rings. The predicted octanol–water partition coefficient (Wildman–Crippen LogP) is 14.3. The van der Waals surface area contributed by atoms with E-state index in [1.54, 1.807) is 0 Å². The number of oxazole rings is 2. The van der Waals surface area contributed by atoms with Crippen LogP contribution in [0.1, 0.15) is 48.6 Å². The molecule has 0 amide bonds. The Labute approximate surface area is 342 Å². The lowest BCUT2D eigenvalue weighted by molar-refractivity contribution is 0.617. The Hall–Kier alpha value is -7.30. The molecule has 12 rings (SSSR count). The lowest BCUT2D eigenvalue weighted by Crippen LogP contribution is -2.22. The van der Waals surface area contributed by atoms with Crippen molar-refractivity contribution in [3.8, 4) is 67.4 Å². The Morgan fingerprint density at radius 2 is 0.797 bits per heavy atom. The van der Waals surface area contributed by atoms with Gasteiger partial charge < -0.3 is 8.83 Å². The molecule has 1 atom stereocenters. The fourth-order valence-electron chi connectivity index (χ4n) is 9.88. The normalized spacial score (nSPS) is 15.9. The summed E-state index contributed by atoms with van der Waals surface area (Å²) < 4.78 is 12.6. The largest absolute Gasteiger partial charge is 0.436 e. The van der Waals surface area contributed by atoms with Gasteiger partial charge in [0.05, 0.1) is 0 Å². The number of hydrogen-bond acceptors (Lipinski definition) is 4. The SMILES string of the molecule is CC1(C)c2cc(-c3cc(-c4nc5ccccc5o4)cc(-c4nc5ccccc5o4)c3)ccc2-c2ccc(-c3ccc4c(c3)C(C)(c3ccccc3)c3ccccc3-4)cc21. The summed E-state index contributed by atoms with van der Waals surface area (Å²) in [7, 11) is 0. The van der Waals surface area contributed by atoms with Gasteiger partial charge in [-0.3, -0.25) is 0 Å². The Kier molecular flexibility index (Phi) is 7.08. The van der Waals surface area contributed by atoms with Crippen molar-refractivity contribution in [2.24, 2.45) is 0 Å². The molecule has 0 radical (unpaired) electrons. The molecule has 0 saturated carbocycles. The summed E-state index contributed by atoms with van der Waals surface area (Å²) in [6.07, 6.45) is 0. The quantitative estimate of drug-likeness (QED) is 0.175. The fourth-order valence-corrected chi connectivity index (χ4v) is 9.88. The highest BCUT2D eigenvalue weighted by Gasteiger charge is 2.41. The molecular formula is C55H38N2O2. The van der Waals surface area contributed by atoms with Gasteiger partial charge in [-0.1, -0.05) is 129 Å². The zero-order valence-electron chi connectivity index (χ0n) is 33.0. The average Bonchev–Trinajstić information content (AvgIpc) is 4.04. The third-order valence-corrected chi connectivity index (χ3v) is 13.0. The molecule has 1 unspecified atom stereocenters. The van der Waals surface area contributed by atoms with E-state index in [4.69, 9.17) is 18.8 Å². The molecule has 2 aromatic heterocycles. The van der Waals surface area contributed by atoms with Crippen molar-refractivity contribution in [2.45, 2.75) is 31.6 Å². The van der Waals surface area contributed by atoms with Gasteiger partial charge in [-0.05, 0) is 140 Å². The van der Waals surface area contributed by atoms with Gasteiger partial charge in [0, 0.05) is 22.0 Å². The first-order valence-electron chi connectivity index (χ1n) is 20.3. The van der Waals surface area contributed by atoms with Gasteiger partial charge >= 0.3 is 0 Å². The van der Waals surface area contributed by atoms with Crippen LogP contribution in [0, 0.1) is 0 Å². The average molecular weight is 759 g/mol. The molecule has 2 aliphatic rings. The molecular weight excluding hydrogens is 721 g/mol. The van der Waals surface area contributed by atoms with Crippen molar-refractivity contribution in [3.05, 3.63) is 204 Å². The van der Waals surface area contributed by atoms with Crippen molar-refractivity contribution in [1.82, 2.24) is 9.97 Å². The molecule has 8 aromatic carbocycles. The maximum absolute atomic E-state index is 6.30. The van der Waals surface area contributed by atoms with E-state index in [1.807, 2.05) is 48.5 Å². The molecule has 4 heteroatoms. The number of hydrogen-bond donors (Lipinski definition) is 0. The summed E-state index contributed by atoms with van der Waals surface area (Å²) in [6.45, 7) is 7.10. The van der Waals surface area contributed by atoms with E-state index < -0.39 is 0 Å². The van der Waals surface area contributed by atoms with E-state index in [0.29, 0.717) is 11.8 Å². The minimum atomic E-state index is -0.246. The smallest absolute Gasteiger partial charge is 0.227 e. The van der Waals surface area contributed by atoms with Crippen LogP contribution in [0.15, 0.2) is 185 Å². The highest BCUT2D eigenvalue weighted by molar-refractivity contribution is 5.90. The number of benzene rings is 8. The third-order valence-electron chi connectivity index (χ3n) is 13.0. The maximum Gasteiger partial charge on any atom is 0.227 e. The van der Waals surface area contributed by atoms with Crippen LogP contribution in [0.2, 0.25) is 0 Å². The summed E-state index contributed by atoms with van der Waals surface area (Å²) in [5, 5.41) is 0. The molecule has 0 N–H and O–H groups in total. The van der Waals surface area contributed by atoms with Crippen molar-refractivity contribution < 1.29 is 8.83 Å². The van der Waals surface area contributed by atoms with Gasteiger partial charge in [0.1, 0.15) is 11.0 Å². The van der Waals surface area contributed by atoms with Gasteiger partial charge in [0.2, 0.25) is 11.8 Å². The van der Waals surface area contributed by atoms with Crippen molar-refractivity contribution in [1.29, 1.82) is 0 Å². The Morgan fingerprint density at radius 3 is 1.37 bits per heavy atom. The molecule has 10 aromatic rings. The van der Waals surface area contributed by atoms with Crippen LogP contribution in [-0.4, -0.2) is 9.97 Å². The van der Waals surface area contributed by atoms with E-state index in [2.05, 4.69) is 148 Å². The van der Waals surface area contributed by atoms with Crippen LogP contribution in [0.25, 0.3) is 89.6 Å². The highest BCUT2D eigenvalue weighted by Crippen LogP contribution is 2.54. The standard InChI is InChI=1S/C55H38N2O2/c1-54(2)45-30-33(34-22-26-43-40-15-7-8-16-44(40)55(3,47(43)32-34)39-13-5-4-6-14-39)21-24-41(45)42-25-23-35(31-46(42)54)36-27-37(52-56-48-17-9-11-19-50(48)58-52)29-38(28-36)53-57-49-18-10-12-20-51(49)59-53/h4-32H,1-3H3. The Balaban J connectivity index is 0.951. The van der Waals surface area contributed by atoms with Gasteiger partial charge in [-0.15, -0.1) is 0 Å². The maximum atomic E-state index is 6.30. The molecule has 0 aliphatic heterocycles. The van der Waals surface area contributed by atoms with Gasteiger partial charge in [-0.2, -0.15) is 0 Å². The number of para-hydroxylation sites is 4. The van der Waals surface area contributed by atoms with Gasteiger partial charge in [0.25, 0.3) is 0 Å². The van der Waals surface area contributed by atoms with Crippen LogP contribution in [0.4, 0.5) is 0 Å². The summed E-state index contributed by atoms with van der Waals surface area (Å²) in [5.41, 5.74) is 20.9. The molecule has 0 spiro atoms. The Morgan fingerprint density at radius 1 is 0.356 bits per heavy atom. The third kappa shape index (κ3) is 5.02. The minimum absolute atomic E-state index is 0.233. The molecule has 2 heterocycles. The van der Waals surface area contributed by atoms with Crippen LogP contribution in [-0.2, 0) is 10.8 Å². The van der Waals surface area contributed by atoms with E-state index in [1.165, 1.54) is 61.2 Å². The van der Waals surface area contributed by atoms with Crippen LogP contribution in [0.5, 0.6) is 0 Å². The van der Waals surface area contributed by atoms with E-state index in [-0.39, 0.29) is 10.8 Å².